The fraction of sp³-hybridized carbons (Fsp3) is 0.333. The molecule has 0 bridgehead atoms. The topological polar surface area (TPSA) is 32.3 Å². The average Bonchev–Trinajstić information content (AvgIpc) is 2.62. The van der Waals surface area contributed by atoms with E-state index >= 15 is 0 Å². The molecule has 0 saturated carbocycles. The first-order valence-corrected chi connectivity index (χ1v) is 7.03. The lowest BCUT2D eigenvalue weighted by molar-refractivity contribution is -0.325. The molecule has 2 nitrogen and oxygen atoms in total. The number of hydrogen-bond acceptors (Lipinski definition) is 2. The van der Waals surface area contributed by atoms with E-state index in [1.54, 1.807) is 25.3 Å². The van der Waals surface area contributed by atoms with E-state index in [9.17, 15) is 4.39 Å². The van der Waals surface area contributed by atoms with Gasteiger partial charge in [-0.2, -0.15) is 7.11 Å². The van der Waals surface area contributed by atoms with E-state index in [-0.39, 0.29) is 14.2 Å². The first kappa shape index (κ1) is 28.4. The summed E-state index contributed by atoms with van der Waals surface area (Å²) in [6.45, 7) is 8.00. The molecule has 0 spiro atoms. The Bertz CT molecular complexity index is 369. The highest BCUT2D eigenvalue weighted by Crippen LogP contribution is 2.05. The summed E-state index contributed by atoms with van der Waals surface area (Å²) in [5.74, 6) is 0.731. The van der Waals surface area contributed by atoms with Crippen LogP contribution in [0.3, 0.4) is 0 Å². The highest BCUT2D eigenvalue weighted by Gasteiger charge is 1.80. The van der Waals surface area contributed by atoms with Crippen molar-refractivity contribution in [2.75, 3.05) is 14.2 Å². The molecule has 0 N–H and O–H groups in total. The van der Waals surface area contributed by atoms with Gasteiger partial charge in [0.25, 0.3) is 0 Å². The van der Waals surface area contributed by atoms with Crippen molar-refractivity contribution < 1.29 is 14.2 Å². The Hall–Kier alpha value is -1.81. The predicted octanol–water partition coefficient (Wildman–Crippen LogP) is 4.17. The molecule has 2 aromatic carbocycles. The molecule has 2 rings (SSSR count). The molecule has 0 atom stereocenters. The molecule has 4 heteroatoms. The van der Waals surface area contributed by atoms with E-state index < -0.39 is 0 Å². The molecule has 0 aliphatic carbocycles. The summed E-state index contributed by atoms with van der Waals surface area (Å²) in [6, 6.07) is 17.6. The van der Waals surface area contributed by atoms with Crippen molar-refractivity contribution in [2.24, 2.45) is 0 Å². The molecule has 3 radical (unpaired) electrons. The number of hydrogen-bond donors (Lipinski definition) is 0. The summed E-state index contributed by atoms with van der Waals surface area (Å²) < 4.78 is 16.8. The molecular formula is C18H28BFO2-. The van der Waals surface area contributed by atoms with Gasteiger partial charge in [0.1, 0.15) is 11.6 Å². The van der Waals surface area contributed by atoms with Crippen LogP contribution in [0.15, 0.2) is 60.7 Å². The van der Waals surface area contributed by atoms with Gasteiger partial charge in [-0.05, 0) is 24.3 Å². The Kier molecular flexibility index (Phi) is 35.5. The summed E-state index contributed by atoms with van der Waals surface area (Å²) >= 11 is 0. The maximum atomic E-state index is 11.9. The first-order chi connectivity index (χ1) is 10.3. The minimum Gasteiger partial charge on any atom is -0.857 e. The normalized spacial score (nSPS) is 6.73. The summed E-state index contributed by atoms with van der Waals surface area (Å²) in [4.78, 5) is 0. The Morgan fingerprint density at radius 1 is 0.727 bits per heavy atom. The van der Waals surface area contributed by atoms with Crippen LogP contribution in [-0.4, -0.2) is 22.6 Å². The molecule has 0 aromatic heterocycles. The van der Waals surface area contributed by atoms with Gasteiger partial charge in [-0.25, -0.2) is 4.39 Å². The van der Waals surface area contributed by atoms with Crippen LogP contribution in [0.4, 0.5) is 4.39 Å². The van der Waals surface area contributed by atoms with Gasteiger partial charge in [-0.1, -0.05) is 64.1 Å². The number of benzene rings is 2. The smallest absolute Gasteiger partial charge is 0.123 e. The molecule has 0 heterocycles. The fourth-order valence-electron chi connectivity index (χ4n) is 0.971. The molecule has 0 saturated heterocycles. The van der Waals surface area contributed by atoms with Crippen LogP contribution in [0.2, 0.25) is 0 Å². The number of halogens is 1. The zero-order valence-corrected chi connectivity index (χ0v) is 14.5. The molecule has 22 heavy (non-hydrogen) atoms. The highest BCUT2D eigenvalue weighted by atomic mass is 19.1. The van der Waals surface area contributed by atoms with Crippen molar-refractivity contribution in [3.63, 3.8) is 0 Å². The zero-order chi connectivity index (χ0) is 16.9. The van der Waals surface area contributed by atoms with E-state index in [1.165, 1.54) is 12.1 Å². The third-order valence-corrected chi connectivity index (χ3v) is 1.71. The minimum atomic E-state index is -0.178. The second-order valence-corrected chi connectivity index (χ2v) is 2.81. The number of rotatable bonds is 1. The number of para-hydroxylation sites is 1. The van der Waals surface area contributed by atoms with Crippen molar-refractivity contribution in [2.45, 2.75) is 27.7 Å². The minimum absolute atomic E-state index is 0. The van der Waals surface area contributed by atoms with Gasteiger partial charge >= 0.3 is 0 Å². The largest absolute Gasteiger partial charge is 0.857 e. The Balaban J connectivity index is -0.000000107. The molecule has 0 aliphatic rings. The first-order valence-electron chi connectivity index (χ1n) is 7.03. The van der Waals surface area contributed by atoms with E-state index in [0.717, 1.165) is 12.9 Å². The maximum absolute atomic E-state index is 11.9. The lowest BCUT2D eigenvalue weighted by Crippen LogP contribution is -1.81. The third-order valence-electron chi connectivity index (χ3n) is 1.71. The molecular weight excluding hydrogens is 278 g/mol. The summed E-state index contributed by atoms with van der Waals surface area (Å²) in [7, 11) is 2.41. The monoisotopic (exact) mass is 306 g/mol. The van der Waals surface area contributed by atoms with Crippen molar-refractivity contribution >= 4 is 8.41 Å². The summed E-state index contributed by atoms with van der Waals surface area (Å²) in [6.07, 6.45) is 0. The summed E-state index contributed by atoms with van der Waals surface area (Å²) in [5, 5.41) is 8.25. The third kappa shape index (κ3) is 20.5. The van der Waals surface area contributed by atoms with E-state index in [4.69, 9.17) is 9.84 Å². The quantitative estimate of drug-likeness (QED) is 0.741. The fourth-order valence-corrected chi connectivity index (χ4v) is 0.971. The number of methoxy groups -OCH3 is 1. The summed E-state index contributed by atoms with van der Waals surface area (Å²) in [5.41, 5.74) is 0. The molecule has 2 aromatic rings. The highest BCUT2D eigenvalue weighted by molar-refractivity contribution is 5.75. The van der Waals surface area contributed by atoms with Crippen LogP contribution in [0.1, 0.15) is 27.7 Å². The average molecular weight is 306 g/mol. The van der Waals surface area contributed by atoms with Gasteiger partial charge < -0.3 is 9.84 Å². The standard InChI is InChI=1S/C7H8O.C6H5F.2C2H6.CH3O.B/c1-8-7-5-3-2-4-6-7;7-6-4-2-1-3-5-6;3*1-2;/h2-6H,1H3;1-5H;2*1-2H3;1H3;/q;;;;-1;. The van der Waals surface area contributed by atoms with Crippen molar-refractivity contribution in [3.05, 3.63) is 66.5 Å². The predicted molar refractivity (Wildman–Crippen MR) is 93.8 cm³/mol. The molecule has 0 aliphatic heterocycles. The van der Waals surface area contributed by atoms with Gasteiger partial charge in [0, 0.05) is 8.41 Å². The lowest BCUT2D eigenvalue weighted by Gasteiger charge is -1.93. The van der Waals surface area contributed by atoms with Gasteiger partial charge in [0.15, 0.2) is 0 Å². The molecule has 0 unspecified atom stereocenters. The molecule has 0 amide bonds. The Labute approximate surface area is 137 Å². The van der Waals surface area contributed by atoms with E-state index in [1.807, 2.05) is 58.0 Å². The molecule has 0 fully saturated rings. The van der Waals surface area contributed by atoms with Gasteiger partial charge in [0.05, 0.1) is 7.11 Å². The van der Waals surface area contributed by atoms with E-state index in [0.29, 0.717) is 0 Å². The van der Waals surface area contributed by atoms with Crippen LogP contribution < -0.4 is 9.84 Å². The van der Waals surface area contributed by atoms with Crippen LogP contribution in [0.5, 0.6) is 5.75 Å². The van der Waals surface area contributed by atoms with Gasteiger partial charge in [0.2, 0.25) is 0 Å². The molecule has 123 valence electrons. The Morgan fingerprint density at radius 2 is 1.05 bits per heavy atom. The maximum Gasteiger partial charge on any atom is 0.123 e. The van der Waals surface area contributed by atoms with Crippen LogP contribution in [0, 0.1) is 5.82 Å². The lowest BCUT2D eigenvalue weighted by atomic mass is 10.3. The van der Waals surface area contributed by atoms with Crippen LogP contribution in [-0.2, 0) is 0 Å². The van der Waals surface area contributed by atoms with Crippen molar-refractivity contribution in [1.29, 1.82) is 0 Å². The van der Waals surface area contributed by atoms with Gasteiger partial charge in [-0.3, -0.25) is 0 Å². The van der Waals surface area contributed by atoms with Gasteiger partial charge in [-0.15, -0.1) is 0 Å². The second kappa shape index (κ2) is 27.5. The van der Waals surface area contributed by atoms with Crippen molar-refractivity contribution in [1.82, 2.24) is 0 Å². The second-order valence-electron chi connectivity index (χ2n) is 2.81. The van der Waals surface area contributed by atoms with Crippen LogP contribution >= 0.6 is 0 Å². The van der Waals surface area contributed by atoms with E-state index in [2.05, 4.69) is 0 Å². The zero-order valence-electron chi connectivity index (χ0n) is 14.5. The van der Waals surface area contributed by atoms with Crippen molar-refractivity contribution in [3.8, 4) is 5.75 Å². The Morgan fingerprint density at radius 3 is 1.23 bits per heavy atom. The SMILES string of the molecule is CC.CC.COc1ccccc1.C[O-].Fc1ccccc1.[B]. The number of ether oxygens (including phenoxy) is 1. The van der Waals surface area contributed by atoms with Crippen LogP contribution in [0.25, 0.3) is 0 Å².